The number of amides is 2. The van der Waals surface area contributed by atoms with Crippen molar-refractivity contribution < 1.29 is 18.8 Å². The molecule has 0 unspecified atom stereocenters. The number of likely N-dealkylation sites (tertiary alicyclic amines) is 1. The maximum atomic E-state index is 13.1. The summed E-state index contributed by atoms with van der Waals surface area (Å²) in [5.41, 5.74) is 0.888. The first-order valence-corrected chi connectivity index (χ1v) is 10.1. The van der Waals surface area contributed by atoms with Gasteiger partial charge in [-0.05, 0) is 45.6 Å². The number of benzene rings is 1. The van der Waals surface area contributed by atoms with Crippen molar-refractivity contribution in [2.24, 2.45) is 0 Å². The Morgan fingerprint density at radius 1 is 1.20 bits per heavy atom. The second kappa shape index (κ2) is 9.15. The zero-order chi connectivity index (χ0) is 21.7. The molecular weight excluding hydrogens is 388 g/mol. The molecule has 0 aliphatic carbocycles. The fourth-order valence-electron chi connectivity index (χ4n) is 3.37. The fraction of sp³-hybridized carbons (Fsp3) is 0.524. The SMILES string of the molecule is CC(C)(C)OC(=O)N[C@H](Cc1ccc(-c2noc(=O)[nH]2)cc1)C(=O)N1CCCCC1. The van der Waals surface area contributed by atoms with Crippen LogP contribution in [0.5, 0.6) is 0 Å². The van der Waals surface area contributed by atoms with Crippen molar-refractivity contribution in [2.45, 2.75) is 58.1 Å². The molecule has 3 rings (SSSR count). The van der Waals surface area contributed by atoms with E-state index in [1.54, 1.807) is 37.8 Å². The average Bonchev–Trinajstić information content (AvgIpc) is 3.13. The number of carbonyl (C=O) groups is 2. The van der Waals surface area contributed by atoms with E-state index in [1.165, 1.54) is 0 Å². The van der Waals surface area contributed by atoms with Crippen molar-refractivity contribution in [2.75, 3.05) is 13.1 Å². The van der Waals surface area contributed by atoms with Gasteiger partial charge in [-0.25, -0.2) is 9.59 Å². The number of hydrogen-bond donors (Lipinski definition) is 2. The lowest BCUT2D eigenvalue weighted by molar-refractivity contribution is -0.134. The molecule has 1 aromatic heterocycles. The standard InChI is InChI=1S/C21H28N4O5/c1-21(2,3)29-19(27)22-16(18(26)25-11-5-4-6-12-25)13-14-7-9-15(10-8-14)17-23-20(28)30-24-17/h7-10,16H,4-6,11-13H2,1-3H3,(H,22,27)(H,23,24,28)/t16-/m1/s1. The van der Waals surface area contributed by atoms with Crippen LogP contribution in [0.25, 0.3) is 11.4 Å². The molecule has 1 saturated heterocycles. The molecule has 9 heteroatoms. The number of alkyl carbamates (subject to hydrolysis) is 1. The quantitative estimate of drug-likeness (QED) is 0.773. The highest BCUT2D eigenvalue weighted by Crippen LogP contribution is 2.17. The molecule has 0 bridgehead atoms. The molecule has 0 spiro atoms. The van der Waals surface area contributed by atoms with Crippen LogP contribution in [-0.4, -0.2) is 51.8 Å². The van der Waals surface area contributed by atoms with Crippen molar-refractivity contribution in [3.05, 3.63) is 40.4 Å². The van der Waals surface area contributed by atoms with Crippen LogP contribution < -0.4 is 11.1 Å². The van der Waals surface area contributed by atoms with Gasteiger partial charge in [0.2, 0.25) is 5.91 Å². The maximum Gasteiger partial charge on any atom is 0.439 e. The second-order valence-electron chi connectivity index (χ2n) is 8.43. The number of piperidine rings is 1. The Balaban J connectivity index is 1.74. The van der Waals surface area contributed by atoms with Crippen molar-refractivity contribution in [3.8, 4) is 11.4 Å². The number of H-pyrrole nitrogens is 1. The van der Waals surface area contributed by atoms with Gasteiger partial charge in [-0.1, -0.05) is 29.4 Å². The summed E-state index contributed by atoms with van der Waals surface area (Å²) in [6, 6.07) is 6.49. The van der Waals surface area contributed by atoms with Gasteiger partial charge in [-0.2, -0.15) is 0 Å². The van der Waals surface area contributed by atoms with Gasteiger partial charge in [0.15, 0.2) is 5.82 Å². The summed E-state index contributed by atoms with van der Waals surface area (Å²) < 4.78 is 9.87. The summed E-state index contributed by atoms with van der Waals surface area (Å²) in [6.07, 6.45) is 2.75. The number of nitrogens with one attached hydrogen (secondary N) is 2. The molecule has 162 valence electrons. The number of rotatable bonds is 5. The Morgan fingerprint density at radius 2 is 1.87 bits per heavy atom. The first-order chi connectivity index (χ1) is 14.2. The Morgan fingerprint density at radius 3 is 2.43 bits per heavy atom. The van der Waals surface area contributed by atoms with Crippen molar-refractivity contribution in [3.63, 3.8) is 0 Å². The zero-order valence-corrected chi connectivity index (χ0v) is 17.6. The van der Waals surface area contributed by atoms with Gasteiger partial charge in [0.25, 0.3) is 0 Å². The molecule has 9 nitrogen and oxygen atoms in total. The van der Waals surface area contributed by atoms with E-state index in [0.29, 0.717) is 30.9 Å². The normalized spacial score (nSPS) is 15.5. The van der Waals surface area contributed by atoms with E-state index in [9.17, 15) is 14.4 Å². The third-order valence-corrected chi connectivity index (χ3v) is 4.76. The highest BCUT2D eigenvalue weighted by atomic mass is 16.6. The monoisotopic (exact) mass is 416 g/mol. The molecular formula is C21H28N4O5. The van der Waals surface area contributed by atoms with E-state index in [0.717, 1.165) is 24.8 Å². The molecule has 1 aromatic carbocycles. The summed E-state index contributed by atoms with van der Waals surface area (Å²) in [4.78, 5) is 40.8. The van der Waals surface area contributed by atoms with E-state index in [1.807, 2.05) is 12.1 Å². The first kappa shape index (κ1) is 21.6. The molecule has 1 fully saturated rings. The van der Waals surface area contributed by atoms with Crippen LogP contribution in [-0.2, 0) is 16.0 Å². The lowest BCUT2D eigenvalue weighted by Crippen LogP contribution is -2.51. The predicted octanol–water partition coefficient (Wildman–Crippen LogP) is 2.48. The minimum absolute atomic E-state index is 0.106. The van der Waals surface area contributed by atoms with Crippen molar-refractivity contribution >= 4 is 12.0 Å². The van der Waals surface area contributed by atoms with Gasteiger partial charge in [-0.3, -0.25) is 14.3 Å². The number of carbonyl (C=O) groups excluding carboxylic acids is 2. The summed E-state index contributed by atoms with van der Waals surface area (Å²) in [5, 5.41) is 6.40. The van der Waals surface area contributed by atoms with E-state index in [-0.39, 0.29) is 5.91 Å². The minimum Gasteiger partial charge on any atom is -0.444 e. The van der Waals surface area contributed by atoms with Crippen molar-refractivity contribution in [1.29, 1.82) is 0 Å². The van der Waals surface area contributed by atoms with E-state index >= 15 is 0 Å². The van der Waals surface area contributed by atoms with Crippen LogP contribution in [0.15, 0.2) is 33.6 Å². The number of aromatic amines is 1. The molecule has 1 aliphatic rings. The summed E-state index contributed by atoms with van der Waals surface area (Å²) in [5.74, 6) is -0.396. The van der Waals surface area contributed by atoms with E-state index < -0.39 is 23.5 Å². The molecule has 2 N–H and O–H groups in total. The summed E-state index contributed by atoms with van der Waals surface area (Å²) in [6.45, 7) is 6.73. The van der Waals surface area contributed by atoms with Crippen LogP contribution in [0.2, 0.25) is 0 Å². The van der Waals surface area contributed by atoms with Crippen LogP contribution in [0.3, 0.4) is 0 Å². The summed E-state index contributed by atoms with van der Waals surface area (Å²) >= 11 is 0. The lowest BCUT2D eigenvalue weighted by Gasteiger charge is -2.31. The Kier molecular flexibility index (Phi) is 6.59. The molecule has 2 aromatic rings. The Hall–Kier alpha value is -3.10. The fourth-order valence-corrected chi connectivity index (χ4v) is 3.37. The van der Waals surface area contributed by atoms with Gasteiger partial charge in [-0.15, -0.1) is 0 Å². The van der Waals surface area contributed by atoms with Gasteiger partial charge in [0, 0.05) is 25.1 Å². The van der Waals surface area contributed by atoms with Crippen LogP contribution in [0.1, 0.15) is 45.6 Å². The van der Waals surface area contributed by atoms with Crippen molar-refractivity contribution in [1.82, 2.24) is 20.4 Å². The number of ether oxygens (including phenoxy) is 1. The number of nitrogens with zero attached hydrogens (tertiary/aromatic N) is 2. The number of aromatic nitrogens is 2. The van der Waals surface area contributed by atoms with Crippen LogP contribution in [0.4, 0.5) is 4.79 Å². The highest BCUT2D eigenvalue weighted by molar-refractivity contribution is 5.86. The predicted molar refractivity (Wildman–Crippen MR) is 110 cm³/mol. The van der Waals surface area contributed by atoms with Crippen LogP contribution >= 0.6 is 0 Å². The van der Waals surface area contributed by atoms with E-state index in [4.69, 9.17) is 4.74 Å². The topological polar surface area (TPSA) is 118 Å². The molecule has 0 radical (unpaired) electrons. The average molecular weight is 416 g/mol. The second-order valence-corrected chi connectivity index (χ2v) is 8.43. The molecule has 1 atom stereocenters. The van der Waals surface area contributed by atoms with Crippen LogP contribution in [0, 0.1) is 0 Å². The third kappa shape index (κ3) is 5.95. The number of hydrogen-bond acceptors (Lipinski definition) is 6. The largest absolute Gasteiger partial charge is 0.444 e. The minimum atomic E-state index is -0.726. The summed E-state index contributed by atoms with van der Waals surface area (Å²) in [7, 11) is 0. The zero-order valence-electron chi connectivity index (χ0n) is 17.6. The Labute approximate surface area is 174 Å². The lowest BCUT2D eigenvalue weighted by atomic mass is 10.0. The third-order valence-electron chi connectivity index (χ3n) is 4.76. The van der Waals surface area contributed by atoms with Gasteiger partial charge in [0.1, 0.15) is 11.6 Å². The molecule has 1 aliphatic heterocycles. The molecule has 2 amide bonds. The molecule has 2 heterocycles. The van der Waals surface area contributed by atoms with Gasteiger partial charge in [0.05, 0.1) is 0 Å². The smallest absolute Gasteiger partial charge is 0.439 e. The van der Waals surface area contributed by atoms with E-state index in [2.05, 4.69) is 20.0 Å². The maximum absolute atomic E-state index is 13.1. The van der Waals surface area contributed by atoms with Gasteiger partial charge < -0.3 is 15.0 Å². The first-order valence-electron chi connectivity index (χ1n) is 10.1. The van der Waals surface area contributed by atoms with Gasteiger partial charge >= 0.3 is 11.8 Å². The molecule has 0 saturated carbocycles. The molecule has 30 heavy (non-hydrogen) atoms. The Bertz CT molecular complexity index is 920. The highest BCUT2D eigenvalue weighted by Gasteiger charge is 2.29.